The van der Waals surface area contributed by atoms with E-state index in [1.807, 2.05) is 18.2 Å². The smallest absolute Gasteiger partial charge is 0.264 e. The molecule has 0 bridgehead atoms. The van der Waals surface area contributed by atoms with Crippen LogP contribution in [0.3, 0.4) is 0 Å². The molecule has 8 heteroatoms. The highest BCUT2D eigenvalue weighted by molar-refractivity contribution is 6.08. The molecule has 1 aliphatic heterocycles. The van der Waals surface area contributed by atoms with Crippen LogP contribution in [0.2, 0.25) is 0 Å². The predicted octanol–water partition coefficient (Wildman–Crippen LogP) is 2.88. The quantitative estimate of drug-likeness (QED) is 0.621. The molecule has 1 fully saturated rings. The number of piperazine rings is 1. The van der Waals surface area contributed by atoms with E-state index in [9.17, 15) is 4.79 Å². The first kappa shape index (κ1) is 21.0. The van der Waals surface area contributed by atoms with E-state index < -0.39 is 0 Å². The highest BCUT2D eigenvalue weighted by Crippen LogP contribution is 2.19. The molecule has 0 spiro atoms. The molecule has 0 amide bonds. The lowest BCUT2D eigenvalue weighted by atomic mass is 10.0. The SMILES string of the molecule is CN1CCNCC1c1noc(COc2ccc(C(=O)c3ccccc3)cc2)n1.Cl. The van der Waals surface area contributed by atoms with Crippen molar-refractivity contribution in [3.8, 4) is 5.75 Å². The second-order valence-electron chi connectivity index (χ2n) is 6.76. The minimum absolute atomic E-state index is 0. The molecule has 4 rings (SSSR count). The summed E-state index contributed by atoms with van der Waals surface area (Å²) >= 11 is 0. The van der Waals surface area contributed by atoms with Gasteiger partial charge in [0.25, 0.3) is 5.89 Å². The summed E-state index contributed by atoms with van der Waals surface area (Å²) in [4.78, 5) is 19.1. The van der Waals surface area contributed by atoms with Gasteiger partial charge in [0.2, 0.25) is 0 Å². The van der Waals surface area contributed by atoms with Crippen LogP contribution in [0.1, 0.15) is 33.7 Å². The molecule has 0 aliphatic carbocycles. The van der Waals surface area contributed by atoms with Gasteiger partial charge >= 0.3 is 0 Å². The van der Waals surface area contributed by atoms with Crippen molar-refractivity contribution in [3.05, 3.63) is 77.4 Å². The van der Waals surface area contributed by atoms with E-state index in [2.05, 4.69) is 27.4 Å². The Labute approximate surface area is 175 Å². The molecule has 1 atom stereocenters. The van der Waals surface area contributed by atoms with Crippen LogP contribution in [0, 0.1) is 0 Å². The Morgan fingerprint density at radius 1 is 1.17 bits per heavy atom. The van der Waals surface area contributed by atoms with Crippen molar-refractivity contribution in [1.29, 1.82) is 0 Å². The van der Waals surface area contributed by atoms with Crippen molar-refractivity contribution in [3.63, 3.8) is 0 Å². The molecule has 0 radical (unpaired) electrons. The maximum Gasteiger partial charge on any atom is 0.264 e. The molecule has 3 aromatic rings. The Balaban J connectivity index is 0.00000240. The lowest BCUT2D eigenvalue weighted by molar-refractivity contribution is 0.103. The summed E-state index contributed by atoms with van der Waals surface area (Å²) < 4.78 is 11.0. The van der Waals surface area contributed by atoms with Crippen LogP contribution in [-0.4, -0.2) is 47.5 Å². The second-order valence-corrected chi connectivity index (χ2v) is 6.76. The zero-order valence-electron chi connectivity index (χ0n) is 16.1. The van der Waals surface area contributed by atoms with Gasteiger partial charge in [0.15, 0.2) is 18.2 Å². The molecular weight excluding hydrogens is 392 g/mol. The van der Waals surface area contributed by atoms with Crippen molar-refractivity contribution in [1.82, 2.24) is 20.4 Å². The fourth-order valence-electron chi connectivity index (χ4n) is 3.16. The number of benzene rings is 2. The Morgan fingerprint density at radius 3 is 2.62 bits per heavy atom. The van der Waals surface area contributed by atoms with Gasteiger partial charge in [-0.15, -0.1) is 12.4 Å². The summed E-state index contributed by atoms with van der Waals surface area (Å²) in [6.07, 6.45) is 0. The number of rotatable bonds is 6. The third-order valence-corrected chi connectivity index (χ3v) is 4.81. The van der Waals surface area contributed by atoms with Gasteiger partial charge in [0.1, 0.15) is 5.75 Å². The van der Waals surface area contributed by atoms with E-state index in [4.69, 9.17) is 9.26 Å². The van der Waals surface area contributed by atoms with Gasteiger partial charge in [-0.1, -0.05) is 35.5 Å². The van der Waals surface area contributed by atoms with Crippen LogP contribution < -0.4 is 10.1 Å². The highest BCUT2D eigenvalue weighted by atomic mass is 35.5. The number of halogens is 1. The molecule has 1 aromatic heterocycles. The molecular formula is C21H23ClN4O3. The zero-order chi connectivity index (χ0) is 19.3. The molecule has 1 N–H and O–H groups in total. The van der Waals surface area contributed by atoms with Gasteiger partial charge < -0.3 is 14.6 Å². The normalized spacial score (nSPS) is 16.8. The summed E-state index contributed by atoms with van der Waals surface area (Å²) in [5, 5.41) is 7.42. The van der Waals surface area contributed by atoms with Crippen LogP contribution in [0.4, 0.5) is 0 Å². The molecule has 2 aromatic carbocycles. The molecule has 0 saturated carbocycles. The summed E-state index contributed by atoms with van der Waals surface area (Å²) in [5.74, 6) is 1.72. The highest BCUT2D eigenvalue weighted by Gasteiger charge is 2.25. The Morgan fingerprint density at radius 2 is 1.90 bits per heavy atom. The van der Waals surface area contributed by atoms with Gasteiger partial charge in [-0.2, -0.15) is 4.98 Å². The number of likely N-dealkylation sites (N-methyl/N-ethyl adjacent to an activating group) is 1. The summed E-state index contributed by atoms with van der Waals surface area (Å²) in [5.41, 5.74) is 1.28. The number of nitrogens with zero attached hydrogens (tertiary/aromatic N) is 3. The van der Waals surface area contributed by atoms with Crippen LogP contribution in [0.5, 0.6) is 5.75 Å². The average Bonchev–Trinajstić information content (AvgIpc) is 3.22. The molecule has 29 heavy (non-hydrogen) atoms. The number of carbonyl (C=O) groups excluding carboxylic acids is 1. The molecule has 1 saturated heterocycles. The Hall–Kier alpha value is -2.74. The fraction of sp³-hybridized carbons (Fsp3) is 0.286. The summed E-state index contributed by atoms with van der Waals surface area (Å²) in [7, 11) is 2.05. The van der Waals surface area contributed by atoms with Crippen LogP contribution in [-0.2, 0) is 6.61 Å². The van der Waals surface area contributed by atoms with Crippen molar-refractivity contribution >= 4 is 18.2 Å². The molecule has 1 unspecified atom stereocenters. The second kappa shape index (κ2) is 9.65. The maximum atomic E-state index is 12.4. The minimum atomic E-state index is -0.0149. The van der Waals surface area contributed by atoms with E-state index >= 15 is 0 Å². The molecule has 1 aliphatic rings. The number of ketones is 1. The maximum absolute atomic E-state index is 12.4. The van der Waals surface area contributed by atoms with E-state index in [1.165, 1.54) is 0 Å². The first-order valence-corrected chi connectivity index (χ1v) is 9.27. The average molecular weight is 415 g/mol. The van der Waals surface area contributed by atoms with Gasteiger partial charge in [0.05, 0.1) is 6.04 Å². The number of hydrogen-bond donors (Lipinski definition) is 1. The van der Waals surface area contributed by atoms with Crippen molar-refractivity contribution < 1.29 is 14.1 Å². The van der Waals surface area contributed by atoms with Crippen molar-refractivity contribution in [2.75, 3.05) is 26.7 Å². The molecule has 152 valence electrons. The van der Waals surface area contributed by atoms with E-state index in [0.717, 1.165) is 19.6 Å². The number of ether oxygens (including phenoxy) is 1. The van der Waals surface area contributed by atoms with E-state index in [1.54, 1.807) is 36.4 Å². The van der Waals surface area contributed by atoms with Crippen LogP contribution >= 0.6 is 12.4 Å². The first-order chi connectivity index (χ1) is 13.7. The number of aromatic nitrogens is 2. The van der Waals surface area contributed by atoms with Gasteiger partial charge in [0, 0.05) is 30.8 Å². The van der Waals surface area contributed by atoms with Crippen molar-refractivity contribution in [2.24, 2.45) is 0 Å². The number of nitrogens with one attached hydrogen (secondary N) is 1. The Bertz CT molecular complexity index is 931. The number of hydrogen-bond acceptors (Lipinski definition) is 7. The standard InChI is InChI=1S/C21H22N4O3.ClH/c1-25-12-11-22-13-18(25)21-23-19(28-24-21)14-27-17-9-7-16(8-10-17)20(26)15-5-3-2-4-6-15;/h2-10,18,22H,11-14H2,1H3;1H. The van der Waals surface area contributed by atoms with Gasteiger partial charge in [-0.3, -0.25) is 9.69 Å². The topological polar surface area (TPSA) is 80.5 Å². The minimum Gasteiger partial charge on any atom is -0.484 e. The monoisotopic (exact) mass is 414 g/mol. The number of carbonyl (C=O) groups is 1. The zero-order valence-corrected chi connectivity index (χ0v) is 16.9. The molecule has 7 nitrogen and oxygen atoms in total. The predicted molar refractivity (Wildman–Crippen MR) is 110 cm³/mol. The third-order valence-electron chi connectivity index (χ3n) is 4.81. The first-order valence-electron chi connectivity index (χ1n) is 9.27. The summed E-state index contributed by atoms with van der Waals surface area (Å²) in [6.45, 7) is 2.89. The van der Waals surface area contributed by atoms with Crippen LogP contribution in [0.25, 0.3) is 0 Å². The largest absolute Gasteiger partial charge is 0.484 e. The van der Waals surface area contributed by atoms with Gasteiger partial charge in [-0.05, 0) is 31.3 Å². The van der Waals surface area contributed by atoms with Crippen molar-refractivity contribution in [2.45, 2.75) is 12.6 Å². The lowest BCUT2D eigenvalue weighted by Gasteiger charge is -2.30. The van der Waals surface area contributed by atoms with E-state index in [-0.39, 0.29) is 30.8 Å². The molecule has 2 heterocycles. The fourth-order valence-corrected chi connectivity index (χ4v) is 3.16. The van der Waals surface area contributed by atoms with E-state index in [0.29, 0.717) is 28.6 Å². The van der Waals surface area contributed by atoms with Crippen LogP contribution in [0.15, 0.2) is 59.1 Å². The third kappa shape index (κ3) is 5.00. The lowest BCUT2D eigenvalue weighted by Crippen LogP contribution is -2.44. The Kier molecular flexibility index (Phi) is 6.98. The van der Waals surface area contributed by atoms with Gasteiger partial charge in [-0.25, -0.2) is 0 Å². The summed E-state index contributed by atoms with van der Waals surface area (Å²) in [6, 6.07) is 16.4.